The van der Waals surface area contributed by atoms with E-state index in [2.05, 4.69) is 33.5 Å². The fourth-order valence-corrected chi connectivity index (χ4v) is 3.65. The summed E-state index contributed by atoms with van der Waals surface area (Å²) in [4.78, 5) is 11.1. The van der Waals surface area contributed by atoms with E-state index in [1.807, 2.05) is 31.2 Å². The first-order valence-corrected chi connectivity index (χ1v) is 8.37. The number of hydrogen-bond donors (Lipinski definition) is 1. The predicted molar refractivity (Wildman–Crippen MR) is 97.3 cm³/mol. The zero-order valence-corrected chi connectivity index (χ0v) is 13.8. The third kappa shape index (κ3) is 2.86. The van der Waals surface area contributed by atoms with E-state index in [0.29, 0.717) is 17.3 Å². The van der Waals surface area contributed by atoms with Gasteiger partial charge < -0.3 is 5.32 Å². The molecule has 0 aliphatic heterocycles. The molecule has 0 atom stereocenters. The van der Waals surface area contributed by atoms with Crippen molar-refractivity contribution in [3.63, 3.8) is 0 Å². The number of halogens is 1. The van der Waals surface area contributed by atoms with Crippen LogP contribution in [0.25, 0.3) is 20.7 Å². The molecule has 0 radical (unpaired) electrons. The van der Waals surface area contributed by atoms with Crippen molar-refractivity contribution in [2.45, 2.75) is 6.92 Å². The Morgan fingerprint density at radius 2 is 1.79 bits per heavy atom. The van der Waals surface area contributed by atoms with Gasteiger partial charge in [-0.05, 0) is 36.8 Å². The summed E-state index contributed by atoms with van der Waals surface area (Å²) in [5.74, 6) is 1.10. The average Bonchev–Trinajstić information content (AvgIpc) is 3.00. The molecule has 3 nitrogen and oxygen atoms in total. The van der Waals surface area contributed by atoms with Crippen molar-refractivity contribution in [3.05, 3.63) is 72.3 Å². The number of thiophene rings is 1. The fraction of sp³-hybridized carbons (Fsp3) is 0.0526. The highest BCUT2D eigenvalue weighted by molar-refractivity contribution is 7.21. The van der Waals surface area contributed by atoms with E-state index in [1.54, 1.807) is 17.4 Å². The quantitative estimate of drug-likeness (QED) is 0.533. The van der Waals surface area contributed by atoms with E-state index in [9.17, 15) is 4.39 Å². The van der Waals surface area contributed by atoms with Gasteiger partial charge in [0.1, 0.15) is 22.3 Å². The summed E-state index contributed by atoms with van der Waals surface area (Å²) in [5.41, 5.74) is 1.82. The molecule has 0 unspecified atom stereocenters. The number of benzene rings is 2. The Balaban J connectivity index is 1.81. The third-order valence-electron chi connectivity index (χ3n) is 3.65. The highest BCUT2D eigenvalue weighted by atomic mass is 32.1. The van der Waals surface area contributed by atoms with Crippen LogP contribution >= 0.6 is 11.3 Å². The summed E-state index contributed by atoms with van der Waals surface area (Å²) in [5, 5.41) is 4.15. The van der Waals surface area contributed by atoms with Crippen LogP contribution < -0.4 is 5.32 Å². The molecule has 5 heteroatoms. The van der Waals surface area contributed by atoms with Gasteiger partial charge in [0.2, 0.25) is 0 Å². The molecule has 2 heterocycles. The van der Waals surface area contributed by atoms with Crippen LogP contribution in [0.4, 0.5) is 15.9 Å². The number of nitrogens with zero attached hydrogens (tertiary/aromatic N) is 2. The van der Waals surface area contributed by atoms with Crippen molar-refractivity contribution in [3.8, 4) is 10.4 Å². The van der Waals surface area contributed by atoms with Crippen molar-refractivity contribution >= 4 is 33.1 Å². The van der Waals surface area contributed by atoms with E-state index in [0.717, 1.165) is 20.7 Å². The number of nitrogens with one attached hydrogen (secondary N) is 1. The molecule has 0 fully saturated rings. The molecule has 2 aromatic heterocycles. The van der Waals surface area contributed by atoms with Crippen molar-refractivity contribution < 1.29 is 4.39 Å². The Bertz CT molecular complexity index is 1010. The first-order chi connectivity index (χ1) is 11.7. The standard InChI is InChI=1S/C19H14FN3S/c1-12-21-18(23-15-9-5-8-14(20)10-15)16-11-17(24-19(16)22-12)13-6-3-2-4-7-13/h2-11H,1H3,(H,21,22,23). The number of hydrogen-bond acceptors (Lipinski definition) is 4. The number of aromatic nitrogens is 2. The second kappa shape index (κ2) is 6.02. The normalized spacial score (nSPS) is 10.9. The van der Waals surface area contributed by atoms with Crippen LogP contribution in [0.3, 0.4) is 0 Å². The minimum Gasteiger partial charge on any atom is -0.339 e. The first kappa shape index (κ1) is 14.8. The summed E-state index contributed by atoms with van der Waals surface area (Å²) in [6.07, 6.45) is 0. The average molecular weight is 335 g/mol. The fourth-order valence-electron chi connectivity index (χ4n) is 2.57. The minimum absolute atomic E-state index is 0.280. The van der Waals surface area contributed by atoms with Gasteiger partial charge in [0, 0.05) is 10.6 Å². The first-order valence-electron chi connectivity index (χ1n) is 7.55. The molecule has 1 N–H and O–H groups in total. The summed E-state index contributed by atoms with van der Waals surface area (Å²) in [6.45, 7) is 1.86. The zero-order valence-electron chi connectivity index (χ0n) is 13.0. The van der Waals surface area contributed by atoms with Crippen LogP contribution in [-0.2, 0) is 0 Å². The Kier molecular flexibility index (Phi) is 3.70. The summed E-state index contributed by atoms with van der Waals surface area (Å²) < 4.78 is 13.4. The SMILES string of the molecule is Cc1nc(Nc2cccc(F)c2)c2cc(-c3ccccc3)sc2n1. The molecule has 4 aromatic rings. The van der Waals surface area contributed by atoms with Gasteiger partial charge in [0.05, 0.1) is 5.39 Å². The van der Waals surface area contributed by atoms with Crippen LogP contribution in [0.2, 0.25) is 0 Å². The van der Waals surface area contributed by atoms with Crippen molar-refractivity contribution in [2.24, 2.45) is 0 Å². The van der Waals surface area contributed by atoms with Gasteiger partial charge in [-0.15, -0.1) is 11.3 Å². The number of aryl methyl sites for hydroxylation is 1. The van der Waals surface area contributed by atoms with E-state index < -0.39 is 0 Å². The lowest BCUT2D eigenvalue weighted by atomic mass is 10.2. The second-order valence-electron chi connectivity index (χ2n) is 5.45. The summed E-state index contributed by atoms with van der Waals surface area (Å²) in [6, 6.07) is 18.6. The van der Waals surface area contributed by atoms with Gasteiger partial charge in [-0.25, -0.2) is 14.4 Å². The molecule has 0 saturated heterocycles. The van der Waals surface area contributed by atoms with Crippen LogP contribution in [0.1, 0.15) is 5.82 Å². The van der Waals surface area contributed by atoms with E-state index >= 15 is 0 Å². The monoisotopic (exact) mass is 335 g/mol. The zero-order chi connectivity index (χ0) is 16.5. The van der Waals surface area contributed by atoms with Crippen LogP contribution in [0.5, 0.6) is 0 Å². The summed E-state index contributed by atoms with van der Waals surface area (Å²) in [7, 11) is 0. The van der Waals surface area contributed by atoms with E-state index in [1.165, 1.54) is 12.1 Å². The topological polar surface area (TPSA) is 37.8 Å². The lowest BCUT2D eigenvalue weighted by Crippen LogP contribution is -1.97. The molecule has 0 bridgehead atoms. The molecule has 24 heavy (non-hydrogen) atoms. The third-order valence-corrected chi connectivity index (χ3v) is 4.73. The Morgan fingerprint density at radius 3 is 2.58 bits per heavy atom. The van der Waals surface area contributed by atoms with Crippen LogP contribution in [-0.4, -0.2) is 9.97 Å². The molecule has 2 aromatic carbocycles. The number of anilines is 2. The smallest absolute Gasteiger partial charge is 0.142 e. The Morgan fingerprint density at radius 1 is 0.958 bits per heavy atom. The lowest BCUT2D eigenvalue weighted by molar-refractivity contribution is 0.628. The van der Waals surface area contributed by atoms with E-state index in [-0.39, 0.29) is 5.82 Å². The molecule has 0 aliphatic carbocycles. The van der Waals surface area contributed by atoms with Crippen molar-refractivity contribution in [1.29, 1.82) is 0 Å². The Labute approximate surface area is 142 Å². The van der Waals surface area contributed by atoms with Crippen molar-refractivity contribution in [2.75, 3.05) is 5.32 Å². The molecule has 0 spiro atoms. The molecule has 0 amide bonds. The minimum atomic E-state index is -0.280. The molecule has 118 valence electrons. The maximum Gasteiger partial charge on any atom is 0.142 e. The largest absolute Gasteiger partial charge is 0.339 e. The van der Waals surface area contributed by atoms with Gasteiger partial charge in [-0.2, -0.15) is 0 Å². The van der Waals surface area contributed by atoms with Crippen LogP contribution in [0, 0.1) is 12.7 Å². The van der Waals surface area contributed by atoms with Gasteiger partial charge in [-0.1, -0.05) is 36.4 Å². The highest BCUT2D eigenvalue weighted by Crippen LogP contribution is 2.36. The van der Waals surface area contributed by atoms with Gasteiger partial charge in [-0.3, -0.25) is 0 Å². The summed E-state index contributed by atoms with van der Waals surface area (Å²) >= 11 is 1.63. The maximum atomic E-state index is 13.4. The molecule has 0 aliphatic rings. The lowest BCUT2D eigenvalue weighted by Gasteiger charge is -2.07. The molecule has 0 saturated carbocycles. The van der Waals surface area contributed by atoms with Gasteiger partial charge >= 0.3 is 0 Å². The number of fused-ring (bicyclic) bond motifs is 1. The van der Waals surface area contributed by atoms with Crippen LogP contribution in [0.15, 0.2) is 60.7 Å². The highest BCUT2D eigenvalue weighted by Gasteiger charge is 2.12. The number of rotatable bonds is 3. The molecule has 4 rings (SSSR count). The van der Waals surface area contributed by atoms with Gasteiger partial charge in [0.25, 0.3) is 0 Å². The van der Waals surface area contributed by atoms with Crippen molar-refractivity contribution in [1.82, 2.24) is 9.97 Å². The molecular formula is C19H14FN3S. The van der Waals surface area contributed by atoms with E-state index in [4.69, 9.17) is 0 Å². The Hall–Kier alpha value is -2.79. The predicted octanol–water partition coefficient (Wildman–Crippen LogP) is 5.55. The molecular weight excluding hydrogens is 321 g/mol. The maximum absolute atomic E-state index is 13.4. The second-order valence-corrected chi connectivity index (χ2v) is 6.48. The van der Waals surface area contributed by atoms with Gasteiger partial charge in [0.15, 0.2) is 0 Å².